The van der Waals surface area contributed by atoms with Crippen molar-refractivity contribution in [2.75, 3.05) is 25.2 Å². The fourth-order valence-electron chi connectivity index (χ4n) is 1.29. The van der Waals surface area contributed by atoms with Crippen molar-refractivity contribution in [3.63, 3.8) is 0 Å². The molecule has 0 aliphatic heterocycles. The number of benzene rings is 1. The van der Waals surface area contributed by atoms with Crippen LogP contribution in [0.15, 0.2) is 21.1 Å². The normalized spacial score (nSPS) is 10.5. The maximum Gasteiger partial charge on any atom is 0.147 e. The molecule has 0 saturated heterocycles. The van der Waals surface area contributed by atoms with Crippen molar-refractivity contribution in [2.24, 2.45) is 5.73 Å². The summed E-state index contributed by atoms with van der Waals surface area (Å²) in [5.74, 6) is 1.86. The van der Waals surface area contributed by atoms with E-state index < -0.39 is 0 Å². The molecule has 16 heavy (non-hydrogen) atoms. The number of nitrogens with two attached hydrogens (primary N) is 1. The largest absolute Gasteiger partial charge is 0.490 e. The van der Waals surface area contributed by atoms with Gasteiger partial charge in [-0.3, -0.25) is 0 Å². The molecule has 0 aliphatic carbocycles. The minimum absolute atomic E-state index is 0.658. The molecule has 1 aromatic rings. The number of hydrogen-bond donors (Lipinski definition) is 1. The van der Waals surface area contributed by atoms with Crippen LogP contribution < -0.4 is 10.5 Å². The summed E-state index contributed by atoms with van der Waals surface area (Å²) in [6.45, 7) is 1.38. The Hall–Kier alpha value is 0.290. The fraction of sp³-hybridized carbons (Fsp3) is 0.455. The lowest BCUT2D eigenvalue weighted by Gasteiger charge is -2.11. The van der Waals surface area contributed by atoms with Crippen LogP contribution in [-0.2, 0) is 6.42 Å². The molecule has 0 bridgehead atoms. The highest BCUT2D eigenvalue weighted by Gasteiger charge is 2.08. The van der Waals surface area contributed by atoms with E-state index in [-0.39, 0.29) is 0 Å². The van der Waals surface area contributed by atoms with E-state index in [4.69, 9.17) is 10.5 Å². The topological polar surface area (TPSA) is 35.2 Å². The van der Waals surface area contributed by atoms with E-state index in [0.717, 1.165) is 26.9 Å². The summed E-state index contributed by atoms with van der Waals surface area (Å²) in [5.41, 5.74) is 6.74. The Labute approximate surface area is 118 Å². The third-order valence-corrected chi connectivity index (χ3v) is 3.78. The molecule has 90 valence electrons. The Morgan fingerprint density at radius 2 is 1.94 bits per heavy atom. The second-order valence-corrected chi connectivity index (χ2v) is 5.96. The molecule has 0 saturated carbocycles. The predicted molar refractivity (Wildman–Crippen MR) is 78.5 cm³/mol. The lowest BCUT2D eigenvalue weighted by molar-refractivity contribution is 0.339. The fourth-order valence-corrected chi connectivity index (χ4v) is 3.05. The Balaban J connectivity index is 2.77. The van der Waals surface area contributed by atoms with E-state index in [1.807, 2.05) is 0 Å². The average molecular weight is 369 g/mol. The van der Waals surface area contributed by atoms with Crippen LogP contribution in [0.1, 0.15) is 5.56 Å². The Kier molecular flexibility index (Phi) is 6.80. The van der Waals surface area contributed by atoms with Crippen molar-refractivity contribution >= 4 is 43.6 Å². The first-order valence-electron chi connectivity index (χ1n) is 4.98. The van der Waals surface area contributed by atoms with Gasteiger partial charge in [0.15, 0.2) is 0 Å². The number of halogens is 2. The van der Waals surface area contributed by atoms with Gasteiger partial charge in [-0.05, 0) is 68.8 Å². The highest BCUT2D eigenvalue weighted by molar-refractivity contribution is 9.11. The molecule has 1 aromatic carbocycles. The maximum absolute atomic E-state index is 5.70. The second kappa shape index (κ2) is 7.58. The SMILES string of the molecule is CSCCOc1c(Br)cc(CCN)cc1Br. The van der Waals surface area contributed by atoms with Gasteiger partial charge < -0.3 is 10.5 Å². The van der Waals surface area contributed by atoms with Gasteiger partial charge in [-0.25, -0.2) is 0 Å². The molecule has 0 heterocycles. The molecule has 0 fully saturated rings. The summed E-state index contributed by atoms with van der Waals surface area (Å²) >= 11 is 8.81. The Morgan fingerprint density at radius 3 is 2.44 bits per heavy atom. The van der Waals surface area contributed by atoms with Gasteiger partial charge in [0.05, 0.1) is 15.6 Å². The lowest BCUT2D eigenvalue weighted by Crippen LogP contribution is -2.04. The smallest absolute Gasteiger partial charge is 0.147 e. The summed E-state index contributed by atoms with van der Waals surface area (Å²) in [7, 11) is 0. The van der Waals surface area contributed by atoms with E-state index in [1.165, 1.54) is 5.56 Å². The molecule has 0 aromatic heterocycles. The maximum atomic E-state index is 5.70. The van der Waals surface area contributed by atoms with E-state index in [0.29, 0.717) is 13.2 Å². The van der Waals surface area contributed by atoms with Gasteiger partial charge in [0.25, 0.3) is 0 Å². The van der Waals surface area contributed by atoms with Gasteiger partial charge in [0.2, 0.25) is 0 Å². The number of ether oxygens (including phenoxy) is 1. The molecule has 5 heteroatoms. The number of thioether (sulfide) groups is 1. The van der Waals surface area contributed by atoms with Crippen LogP contribution in [0.5, 0.6) is 5.75 Å². The highest BCUT2D eigenvalue weighted by Crippen LogP contribution is 2.34. The molecule has 0 radical (unpaired) electrons. The molecule has 0 spiro atoms. The van der Waals surface area contributed by atoms with Crippen molar-refractivity contribution in [3.8, 4) is 5.75 Å². The molecule has 2 nitrogen and oxygen atoms in total. The average Bonchev–Trinajstić information content (AvgIpc) is 2.23. The van der Waals surface area contributed by atoms with Gasteiger partial charge >= 0.3 is 0 Å². The van der Waals surface area contributed by atoms with Gasteiger partial charge in [0.1, 0.15) is 5.75 Å². The van der Waals surface area contributed by atoms with Gasteiger partial charge in [-0.15, -0.1) is 0 Å². The standard InChI is InChI=1S/C11H15Br2NOS/c1-16-5-4-15-11-9(12)6-8(2-3-14)7-10(11)13/h6-7H,2-5,14H2,1H3. The molecule has 0 unspecified atom stereocenters. The van der Waals surface area contributed by atoms with E-state index in [9.17, 15) is 0 Å². The van der Waals surface area contributed by atoms with Crippen molar-refractivity contribution < 1.29 is 4.74 Å². The minimum Gasteiger partial charge on any atom is -0.490 e. The first-order chi connectivity index (χ1) is 7.69. The van der Waals surface area contributed by atoms with E-state index >= 15 is 0 Å². The summed E-state index contributed by atoms with van der Waals surface area (Å²) in [6.07, 6.45) is 2.94. The molecule has 1 rings (SSSR count). The summed E-state index contributed by atoms with van der Waals surface area (Å²) in [6, 6.07) is 4.12. The minimum atomic E-state index is 0.658. The van der Waals surface area contributed by atoms with Crippen LogP contribution in [0, 0.1) is 0 Å². The summed E-state index contributed by atoms with van der Waals surface area (Å²) in [5, 5.41) is 0. The zero-order valence-electron chi connectivity index (χ0n) is 9.13. The predicted octanol–water partition coefficient (Wildman–Crippen LogP) is 3.45. The molecule has 0 amide bonds. The van der Waals surface area contributed by atoms with E-state index in [1.54, 1.807) is 11.8 Å². The third kappa shape index (κ3) is 4.28. The number of hydrogen-bond acceptors (Lipinski definition) is 3. The van der Waals surface area contributed by atoms with E-state index in [2.05, 4.69) is 50.2 Å². The Bertz CT molecular complexity index is 324. The quantitative estimate of drug-likeness (QED) is 0.781. The monoisotopic (exact) mass is 367 g/mol. The zero-order valence-corrected chi connectivity index (χ0v) is 13.1. The number of rotatable bonds is 6. The van der Waals surface area contributed by atoms with Crippen LogP contribution in [-0.4, -0.2) is 25.2 Å². The van der Waals surface area contributed by atoms with Gasteiger partial charge in [-0.2, -0.15) is 11.8 Å². The van der Waals surface area contributed by atoms with Crippen molar-refractivity contribution in [1.82, 2.24) is 0 Å². The summed E-state index contributed by atoms with van der Waals surface area (Å²) < 4.78 is 7.65. The zero-order chi connectivity index (χ0) is 12.0. The first kappa shape index (κ1) is 14.4. The molecule has 0 atom stereocenters. The molecular formula is C11H15Br2NOS. The summed E-state index contributed by atoms with van der Waals surface area (Å²) in [4.78, 5) is 0. The second-order valence-electron chi connectivity index (χ2n) is 3.27. The van der Waals surface area contributed by atoms with Crippen molar-refractivity contribution in [1.29, 1.82) is 0 Å². The molecule has 0 aliphatic rings. The highest BCUT2D eigenvalue weighted by atomic mass is 79.9. The van der Waals surface area contributed by atoms with Crippen LogP contribution in [0.3, 0.4) is 0 Å². The molecular weight excluding hydrogens is 354 g/mol. The Morgan fingerprint density at radius 1 is 1.31 bits per heavy atom. The van der Waals surface area contributed by atoms with Crippen LogP contribution in [0.4, 0.5) is 0 Å². The first-order valence-corrected chi connectivity index (χ1v) is 7.96. The van der Waals surface area contributed by atoms with Crippen LogP contribution in [0.25, 0.3) is 0 Å². The lowest BCUT2D eigenvalue weighted by atomic mass is 10.1. The van der Waals surface area contributed by atoms with Crippen molar-refractivity contribution in [3.05, 3.63) is 26.6 Å². The van der Waals surface area contributed by atoms with Crippen molar-refractivity contribution in [2.45, 2.75) is 6.42 Å². The molecule has 2 N–H and O–H groups in total. The van der Waals surface area contributed by atoms with Crippen LogP contribution >= 0.6 is 43.6 Å². The van der Waals surface area contributed by atoms with Crippen LogP contribution in [0.2, 0.25) is 0 Å². The third-order valence-electron chi connectivity index (χ3n) is 2.02. The van der Waals surface area contributed by atoms with Gasteiger partial charge in [0, 0.05) is 5.75 Å². The van der Waals surface area contributed by atoms with Gasteiger partial charge in [-0.1, -0.05) is 0 Å².